The van der Waals surface area contributed by atoms with Crippen LogP contribution in [0.2, 0.25) is 0 Å². The normalized spacial score (nSPS) is 12.3. The van der Waals surface area contributed by atoms with Gasteiger partial charge in [-0.05, 0) is 18.6 Å². The number of benzene rings is 1. The summed E-state index contributed by atoms with van der Waals surface area (Å²) in [4.78, 5) is 0. The second kappa shape index (κ2) is 4.94. The van der Waals surface area contributed by atoms with E-state index >= 15 is 0 Å². The van der Waals surface area contributed by atoms with Crippen LogP contribution in [0.1, 0.15) is 12.5 Å². The molecule has 0 heterocycles. The van der Waals surface area contributed by atoms with E-state index in [4.69, 9.17) is 0 Å². The Morgan fingerprint density at radius 1 is 1.25 bits per heavy atom. The molecular weight excluding hydrogens is 212 g/mol. The minimum Gasteiger partial charge on any atom is -0.0865 e. The van der Waals surface area contributed by atoms with Gasteiger partial charge >= 0.3 is 0 Å². The second-order valence-corrected chi connectivity index (χ2v) is 3.36. The van der Waals surface area contributed by atoms with E-state index in [1.165, 1.54) is 5.56 Å². The van der Waals surface area contributed by atoms with E-state index in [0.717, 1.165) is 4.48 Å². The SMILES string of the molecule is C/C=C/C(Br)=C/c1ccccc1. The molecule has 1 aromatic carbocycles. The Labute approximate surface area is 81.7 Å². The third-order valence-electron chi connectivity index (χ3n) is 1.43. The van der Waals surface area contributed by atoms with Gasteiger partial charge in [0.1, 0.15) is 0 Å². The molecule has 0 spiro atoms. The number of hydrogen-bond donors (Lipinski definition) is 0. The van der Waals surface area contributed by atoms with Gasteiger partial charge < -0.3 is 0 Å². The summed E-state index contributed by atoms with van der Waals surface area (Å²) in [6.07, 6.45) is 6.11. The van der Waals surface area contributed by atoms with E-state index in [0.29, 0.717) is 0 Å². The zero-order valence-electron chi connectivity index (χ0n) is 7.00. The van der Waals surface area contributed by atoms with Crippen molar-refractivity contribution < 1.29 is 0 Å². The molecule has 1 heteroatoms. The van der Waals surface area contributed by atoms with E-state index in [2.05, 4.69) is 34.1 Å². The average Bonchev–Trinajstić information content (AvgIpc) is 2.06. The molecule has 0 amide bonds. The summed E-state index contributed by atoms with van der Waals surface area (Å²) >= 11 is 3.45. The van der Waals surface area contributed by atoms with E-state index in [-0.39, 0.29) is 0 Å². The van der Waals surface area contributed by atoms with E-state index < -0.39 is 0 Å². The second-order valence-electron chi connectivity index (χ2n) is 2.44. The maximum atomic E-state index is 3.45. The van der Waals surface area contributed by atoms with Crippen molar-refractivity contribution in [2.24, 2.45) is 0 Å². The molecule has 12 heavy (non-hydrogen) atoms. The highest BCUT2D eigenvalue weighted by molar-refractivity contribution is 9.12. The Bertz CT molecular complexity index is 283. The fourth-order valence-electron chi connectivity index (χ4n) is 0.916. The summed E-state index contributed by atoms with van der Waals surface area (Å²) in [6, 6.07) is 10.2. The lowest BCUT2D eigenvalue weighted by atomic mass is 10.2. The topological polar surface area (TPSA) is 0 Å². The summed E-state index contributed by atoms with van der Waals surface area (Å²) in [5.41, 5.74) is 1.21. The van der Waals surface area contributed by atoms with Crippen LogP contribution >= 0.6 is 15.9 Å². The molecule has 1 aromatic rings. The third-order valence-corrected chi connectivity index (χ3v) is 1.92. The predicted molar refractivity (Wildman–Crippen MR) is 58.2 cm³/mol. The molecule has 0 nitrogen and oxygen atoms in total. The molecule has 0 aliphatic carbocycles. The van der Waals surface area contributed by atoms with Gasteiger partial charge in [0.05, 0.1) is 0 Å². The molecule has 1 rings (SSSR count). The van der Waals surface area contributed by atoms with Crippen LogP contribution in [-0.2, 0) is 0 Å². The molecule has 0 unspecified atom stereocenters. The minimum absolute atomic E-state index is 1.09. The maximum Gasteiger partial charge on any atom is 0.0177 e. The molecule has 0 fully saturated rings. The van der Waals surface area contributed by atoms with Crippen molar-refractivity contribution in [2.45, 2.75) is 6.92 Å². The van der Waals surface area contributed by atoms with Gasteiger partial charge in [0.15, 0.2) is 0 Å². The fourth-order valence-corrected chi connectivity index (χ4v) is 1.44. The Hall–Kier alpha value is -0.820. The summed E-state index contributed by atoms with van der Waals surface area (Å²) in [6.45, 7) is 2.00. The first-order valence-electron chi connectivity index (χ1n) is 3.88. The first-order chi connectivity index (χ1) is 5.83. The molecule has 0 atom stereocenters. The minimum atomic E-state index is 1.09. The van der Waals surface area contributed by atoms with Crippen LogP contribution in [0.4, 0.5) is 0 Å². The van der Waals surface area contributed by atoms with Gasteiger partial charge in [-0.3, -0.25) is 0 Å². The van der Waals surface area contributed by atoms with Crippen LogP contribution in [0.25, 0.3) is 6.08 Å². The molecule has 62 valence electrons. The zero-order valence-corrected chi connectivity index (χ0v) is 8.58. The molecule has 0 bridgehead atoms. The standard InChI is InChI=1S/C11H11Br/c1-2-6-11(12)9-10-7-4-3-5-8-10/h2-9H,1H3/b6-2+,11-9-. The van der Waals surface area contributed by atoms with Crippen molar-refractivity contribution in [3.63, 3.8) is 0 Å². The quantitative estimate of drug-likeness (QED) is 0.664. The fraction of sp³-hybridized carbons (Fsp3) is 0.0909. The highest BCUT2D eigenvalue weighted by atomic mass is 79.9. The number of hydrogen-bond acceptors (Lipinski definition) is 0. The van der Waals surface area contributed by atoms with Gasteiger partial charge in [-0.1, -0.05) is 58.4 Å². The first kappa shape index (κ1) is 9.27. The van der Waals surface area contributed by atoms with Gasteiger partial charge in [-0.25, -0.2) is 0 Å². The Balaban J connectivity index is 2.81. The van der Waals surface area contributed by atoms with Crippen molar-refractivity contribution in [3.05, 3.63) is 52.5 Å². The monoisotopic (exact) mass is 222 g/mol. The lowest BCUT2D eigenvalue weighted by molar-refractivity contribution is 1.65. The van der Waals surface area contributed by atoms with E-state index in [1.54, 1.807) is 0 Å². The Morgan fingerprint density at radius 3 is 2.50 bits per heavy atom. The maximum absolute atomic E-state index is 3.45. The van der Waals surface area contributed by atoms with Crippen molar-refractivity contribution >= 4 is 22.0 Å². The molecule has 0 aliphatic heterocycles. The number of allylic oxidation sites excluding steroid dienone is 3. The van der Waals surface area contributed by atoms with Gasteiger partial charge in [0.25, 0.3) is 0 Å². The molecule has 0 aromatic heterocycles. The van der Waals surface area contributed by atoms with Crippen molar-refractivity contribution in [2.75, 3.05) is 0 Å². The highest BCUT2D eigenvalue weighted by Gasteiger charge is 1.85. The molecule has 0 aliphatic rings. The van der Waals surface area contributed by atoms with Crippen LogP contribution in [-0.4, -0.2) is 0 Å². The lowest BCUT2D eigenvalue weighted by Gasteiger charge is -1.92. The van der Waals surface area contributed by atoms with Crippen molar-refractivity contribution in [1.29, 1.82) is 0 Å². The largest absolute Gasteiger partial charge is 0.0865 e. The van der Waals surface area contributed by atoms with Gasteiger partial charge in [0, 0.05) is 4.48 Å². The van der Waals surface area contributed by atoms with Gasteiger partial charge in [0.2, 0.25) is 0 Å². The molecular formula is C11H11Br. The van der Waals surface area contributed by atoms with E-state index in [9.17, 15) is 0 Å². The molecule has 0 saturated heterocycles. The summed E-state index contributed by atoms with van der Waals surface area (Å²) in [7, 11) is 0. The van der Waals surface area contributed by atoms with Crippen LogP contribution in [0.15, 0.2) is 47.0 Å². The number of halogens is 1. The van der Waals surface area contributed by atoms with Crippen molar-refractivity contribution in [3.8, 4) is 0 Å². The molecule has 0 N–H and O–H groups in total. The number of rotatable bonds is 2. The van der Waals surface area contributed by atoms with E-state index in [1.807, 2.05) is 37.3 Å². The third kappa shape index (κ3) is 3.05. The smallest absolute Gasteiger partial charge is 0.0177 e. The molecule has 0 saturated carbocycles. The van der Waals surface area contributed by atoms with Crippen LogP contribution in [0, 0.1) is 0 Å². The highest BCUT2D eigenvalue weighted by Crippen LogP contribution is 2.12. The average molecular weight is 223 g/mol. The van der Waals surface area contributed by atoms with Gasteiger partial charge in [-0.2, -0.15) is 0 Å². The summed E-state index contributed by atoms with van der Waals surface area (Å²) in [5.74, 6) is 0. The zero-order chi connectivity index (χ0) is 8.81. The summed E-state index contributed by atoms with van der Waals surface area (Å²) < 4.78 is 1.09. The van der Waals surface area contributed by atoms with Crippen LogP contribution in [0.5, 0.6) is 0 Å². The Kier molecular flexibility index (Phi) is 3.81. The first-order valence-corrected chi connectivity index (χ1v) is 4.67. The van der Waals surface area contributed by atoms with Crippen LogP contribution < -0.4 is 0 Å². The Morgan fingerprint density at radius 2 is 1.92 bits per heavy atom. The van der Waals surface area contributed by atoms with Crippen molar-refractivity contribution in [1.82, 2.24) is 0 Å². The van der Waals surface area contributed by atoms with Gasteiger partial charge in [-0.15, -0.1) is 0 Å². The molecule has 0 radical (unpaired) electrons. The predicted octanol–water partition coefficient (Wildman–Crippen LogP) is 4.00. The van der Waals surface area contributed by atoms with Crippen LogP contribution in [0.3, 0.4) is 0 Å². The summed E-state index contributed by atoms with van der Waals surface area (Å²) in [5, 5.41) is 0. The lowest BCUT2D eigenvalue weighted by Crippen LogP contribution is -1.69.